The molecule has 0 radical (unpaired) electrons. The Morgan fingerprint density at radius 1 is 1.09 bits per heavy atom. The van der Waals surface area contributed by atoms with Crippen molar-refractivity contribution >= 4 is 28.4 Å². The van der Waals surface area contributed by atoms with E-state index in [0.717, 1.165) is 29.6 Å². The largest absolute Gasteiger partial charge is 0.358 e. The zero-order valence-electron chi connectivity index (χ0n) is 17.5. The van der Waals surface area contributed by atoms with Crippen LogP contribution >= 0.6 is 11.6 Å². The predicted molar refractivity (Wildman–Crippen MR) is 126 cm³/mol. The summed E-state index contributed by atoms with van der Waals surface area (Å²) in [6.07, 6.45) is 5.09. The number of amides is 1. The summed E-state index contributed by atoms with van der Waals surface area (Å²) in [5.74, 6) is 0.322. The van der Waals surface area contributed by atoms with E-state index < -0.39 is 0 Å². The van der Waals surface area contributed by atoms with Crippen LogP contribution < -0.4 is 5.56 Å². The molecule has 5 rings (SSSR count). The molecule has 4 aromatic rings. The lowest BCUT2D eigenvalue weighted by molar-refractivity contribution is -0.132. The number of aromatic amines is 1. The van der Waals surface area contributed by atoms with Crippen molar-refractivity contribution in [1.82, 2.24) is 19.4 Å². The van der Waals surface area contributed by atoms with Gasteiger partial charge in [-0.3, -0.25) is 14.6 Å². The van der Waals surface area contributed by atoms with E-state index >= 15 is 0 Å². The van der Waals surface area contributed by atoms with Gasteiger partial charge in [-0.1, -0.05) is 23.7 Å². The Balaban J connectivity index is 1.26. The van der Waals surface area contributed by atoms with Crippen molar-refractivity contribution < 1.29 is 4.79 Å². The van der Waals surface area contributed by atoms with Gasteiger partial charge in [-0.2, -0.15) is 0 Å². The number of benzene rings is 1. The molecular formula is C25H23ClN4O2. The molecule has 1 aliphatic heterocycles. The fraction of sp³-hybridized carbons (Fsp3) is 0.240. The van der Waals surface area contributed by atoms with Crippen LogP contribution in [-0.2, 0) is 11.3 Å². The third-order valence-electron chi connectivity index (χ3n) is 6.14. The molecule has 1 amide bonds. The number of likely N-dealkylation sites (tertiary alicyclic amines) is 1. The predicted octanol–water partition coefficient (Wildman–Crippen LogP) is 4.45. The maximum absolute atomic E-state index is 12.7. The number of carbonyl (C=O) groups excluding carboxylic acids is 1. The molecule has 0 bridgehead atoms. The maximum Gasteiger partial charge on any atom is 0.251 e. The molecule has 6 nitrogen and oxygen atoms in total. The number of halogens is 1. The number of carbonyl (C=O) groups is 1. The standard InChI is InChI=1S/C25H23ClN4O2/c26-20-5-7-24(31)30(15-20)16-25(32)29-11-8-17(9-12-29)23-14-19-13-18(4-6-22(19)28-23)21-3-1-2-10-27-21/h1-7,10,13-15,17,28H,8-9,11-12,16H2. The van der Waals surface area contributed by atoms with Gasteiger partial charge in [0.2, 0.25) is 5.91 Å². The van der Waals surface area contributed by atoms with Crippen molar-refractivity contribution in [2.45, 2.75) is 25.3 Å². The molecule has 0 atom stereocenters. The average molecular weight is 447 g/mol. The van der Waals surface area contributed by atoms with E-state index in [-0.39, 0.29) is 18.0 Å². The number of nitrogens with zero attached hydrogens (tertiary/aromatic N) is 3. The number of H-pyrrole nitrogens is 1. The maximum atomic E-state index is 12.7. The average Bonchev–Trinajstić information content (AvgIpc) is 3.25. The summed E-state index contributed by atoms with van der Waals surface area (Å²) in [6, 6.07) is 17.4. The third kappa shape index (κ3) is 4.18. The van der Waals surface area contributed by atoms with Crippen LogP contribution in [0.1, 0.15) is 24.5 Å². The quantitative estimate of drug-likeness (QED) is 0.503. The van der Waals surface area contributed by atoms with Crippen molar-refractivity contribution in [3.63, 3.8) is 0 Å². The number of piperidine rings is 1. The highest BCUT2D eigenvalue weighted by atomic mass is 35.5. The van der Waals surface area contributed by atoms with Gasteiger partial charge in [0.05, 0.1) is 10.7 Å². The van der Waals surface area contributed by atoms with Crippen molar-refractivity contribution in [3.05, 3.63) is 88.1 Å². The first-order chi connectivity index (χ1) is 15.6. The lowest BCUT2D eigenvalue weighted by atomic mass is 9.93. The van der Waals surface area contributed by atoms with Crippen LogP contribution in [0.15, 0.2) is 71.8 Å². The van der Waals surface area contributed by atoms with Gasteiger partial charge in [-0.15, -0.1) is 0 Å². The van der Waals surface area contributed by atoms with E-state index in [9.17, 15) is 9.59 Å². The molecule has 0 unspecified atom stereocenters. The minimum Gasteiger partial charge on any atom is -0.358 e. The van der Waals surface area contributed by atoms with Gasteiger partial charge in [0.15, 0.2) is 0 Å². The van der Waals surface area contributed by atoms with Gasteiger partial charge in [0, 0.05) is 59.6 Å². The number of aromatic nitrogens is 3. The van der Waals surface area contributed by atoms with Crippen LogP contribution in [0.5, 0.6) is 0 Å². The molecule has 1 aliphatic rings. The lowest BCUT2D eigenvalue weighted by Crippen LogP contribution is -2.41. The molecule has 1 N–H and O–H groups in total. The highest BCUT2D eigenvalue weighted by Gasteiger charge is 2.25. The first-order valence-corrected chi connectivity index (χ1v) is 11.1. The van der Waals surface area contributed by atoms with Gasteiger partial charge in [0.1, 0.15) is 6.54 Å². The first kappa shape index (κ1) is 20.5. The van der Waals surface area contributed by atoms with Crippen LogP contribution in [0.3, 0.4) is 0 Å². The van der Waals surface area contributed by atoms with E-state index in [2.05, 4.69) is 34.2 Å². The second kappa shape index (κ2) is 8.63. The van der Waals surface area contributed by atoms with E-state index in [4.69, 9.17) is 11.6 Å². The Morgan fingerprint density at radius 3 is 2.72 bits per heavy atom. The van der Waals surface area contributed by atoms with Crippen LogP contribution in [0, 0.1) is 0 Å². The summed E-state index contributed by atoms with van der Waals surface area (Å²) in [4.78, 5) is 34.5. The van der Waals surface area contributed by atoms with Crippen LogP contribution in [-0.4, -0.2) is 38.4 Å². The van der Waals surface area contributed by atoms with E-state index in [0.29, 0.717) is 24.0 Å². The number of rotatable bonds is 4. The van der Waals surface area contributed by atoms with E-state index in [1.165, 1.54) is 34.0 Å². The molecule has 3 aromatic heterocycles. The molecule has 0 aliphatic carbocycles. The van der Waals surface area contributed by atoms with Crippen LogP contribution in [0.25, 0.3) is 22.2 Å². The lowest BCUT2D eigenvalue weighted by Gasteiger charge is -2.31. The smallest absolute Gasteiger partial charge is 0.251 e. The number of hydrogen-bond acceptors (Lipinski definition) is 3. The fourth-order valence-electron chi connectivity index (χ4n) is 4.38. The highest BCUT2D eigenvalue weighted by Crippen LogP contribution is 2.31. The fourth-order valence-corrected chi connectivity index (χ4v) is 4.56. The Kier molecular flexibility index (Phi) is 5.53. The molecule has 0 saturated carbocycles. The molecule has 1 saturated heterocycles. The van der Waals surface area contributed by atoms with Crippen LogP contribution in [0.4, 0.5) is 0 Å². The summed E-state index contributed by atoms with van der Waals surface area (Å²) < 4.78 is 1.37. The van der Waals surface area contributed by atoms with Gasteiger partial charge < -0.3 is 14.5 Å². The molecular weight excluding hydrogens is 424 g/mol. The van der Waals surface area contributed by atoms with Gasteiger partial charge in [-0.05, 0) is 49.2 Å². The summed E-state index contributed by atoms with van der Waals surface area (Å²) in [5, 5.41) is 1.61. The second-order valence-electron chi connectivity index (χ2n) is 8.21. The van der Waals surface area contributed by atoms with Crippen molar-refractivity contribution in [1.29, 1.82) is 0 Å². The Hall–Kier alpha value is -3.38. The second-order valence-corrected chi connectivity index (χ2v) is 8.65. The Labute approximate surface area is 190 Å². The normalized spacial score (nSPS) is 14.7. The molecule has 4 heterocycles. The minimum atomic E-state index is -0.221. The molecule has 1 aromatic carbocycles. The minimum absolute atomic E-state index is 0.0206. The first-order valence-electron chi connectivity index (χ1n) is 10.7. The third-order valence-corrected chi connectivity index (χ3v) is 6.37. The Morgan fingerprint density at radius 2 is 1.94 bits per heavy atom. The van der Waals surface area contributed by atoms with Gasteiger partial charge in [0.25, 0.3) is 5.56 Å². The number of pyridine rings is 2. The molecule has 162 valence electrons. The summed E-state index contributed by atoms with van der Waals surface area (Å²) in [5.41, 5.74) is 4.15. The van der Waals surface area contributed by atoms with E-state index in [1.54, 1.807) is 6.20 Å². The SMILES string of the molecule is O=C(Cn1cc(Cl)ccc1=O)N1CCC(c2cc3cc(-c4ccccn4)ccc3[nH]2)CC1. The van der Waals surface area contributed by atoms with Gasteiger partial charge in [-0.25, -0.2) is 0 Å². The molecule has 0 spiro atoms. The Bertz CT molecular complexity index is 1320. The molecule has 7 heteroatoms. The summed E-state index contributed by atoms with van der Waals surface area (Å²) in [7, 11) is 0. The zero-order chi connectivity index (χ0) is 22.1. The van der Waals surface area contributed by atoms with E-state index in [1.807, 2.05) is 23.1 Å². The highest BCUT2D eigenvalue weighted by molar-refractivity contribution is 6.30. The van der Waals surface area contributed by atoms with Crippen molar-refractivity contribution in [3.8, 4) is 11.3 Å². The van der Waals surface area contributed by atoms with Gasteiger partial charge >= 0.3 is 0 Å². The molecule has 1 fully saturated rings. The topological polar surface area (TPSA) is 71.0 Å². The zero-order valence-corrected chi connectivity index (χ0v) is 18.3. The number of hydrogen-bond donors (Lipinski definition) is 1. The number of fused-ring (bicyclic) bond motifs is 1. The monoisotopic (exact) mass is 446 g/mol. The summed E-state index contributed by atoms with van der Waals surface area (Å²) >= 11 is 5.96. The number of nitrogens with one attached hydrogen (secondary N) is 1. The summed E-state index contributed by atoms with van der Waals surface area (Å²) in [6.45, 7) is 1.37. The van der Waals surface area contributed by atoms with Crippen LogP contribution in [0.2, 0.25) is 5.02 Å². The van der Waals surface area contributed by atoms with Crippen molar-refractivity contribution in [2.24, 2.45) is 0 Å². The molecule has 32 heavy (non-hydrogen) atoms. The van der Waals surface area contributed by atoms with Crippen molar-refractivity contribution in [2.75, 3.05) is 13.1 Å².